The summed E-state index contributed by atoms with van der Waals surface area (Å²) in [5, 5.41) is 0. The summed E-state index contributed by atoms with van der Waals surface area (Å²) in [5.41, 5.74) is 11.3. The molecular weight excluding hydrogens is 286 g/mol. The molecule has 0 heterocycles. The van der Waals surface area contributed by atoms with E-state index in [1.165, 1.54) is 22.3 Å². The van der Waals surface area contributed by atoms with Gasteiger partial charge >= 0.3 is 0 Å². The average molecular weight is 304 g/mol. The summed E-state index contributed by atoms with van der Waals surface area (Å²) in [6, 6.07) is 14.9. The minimum absolute atomic E-state index is 0.0549. The molecule has 0 fully saturated rings. The molecule has 1 atom stereocenters. The highest BCUT2D eigenvalue weighted by Crippen LogP contribution is 2.20. The molecule has 2 heteroatoms. The molecule has 0 radical (unpaired) electrons. The van der Waals surface area contributed by atoms with Crippen molar-refractivity contribution in [2.75, 3.05) is 0 Å². The van der Waals surface area contributed by atoms with E-state index >= 15 is 0 Å². The largest absolute Gasteiger partial charge is 0.324 e. The molecule has 0 amide bonds. The Labute approximate surface area is 117 Å². The Hall–Kier alpha value is -1.12. The number of hydrogen-bond acceptors (Lipinski definition) is 1. The zero-order chi connectivity index (χ0) is 13.1. The van der Waals surface area contributed by atoms with Crippen LogP contribution in [0.4, 0.5) is 0 Å². The second-order valence-corrected chi connectivity index (χ2v) is 5.77. The molecule has 0 spiro atoms. The summed E-state index contributed by atoms with van der Waals surface area (Å²) in [6.07, 6.45) is 0.879. The van der Waals surface area contributed by atoms with Gasteiger partial charge in [0.2, 0.25) is 0 Å². The molecule has 1 nitrogen and oxygen atoms in total. The van der Waals surface area contributed by atoms with E-state index in [2.05, 4.69) is 60.1 Å². The van der Waals surface area contributed by atoms with Gasteiger partial charge in [-0.2, -0.15) is 0 Å². The summed E-state index contributed by atoms with van der Waals surface area (Å²) in [7, 11) is 0. The van der Waals surface area contributed by atoms with Gasteiger partial charge in [0.25, 0.3) is 0 Å². The van der Waals surface area contributed by atoms with E-state index in [1.807, 2.05) is 12.1 Å². The molecule has 0 aliphatic carbocycles. The van der Waals surface area contributed by atoms with E-state index < -0.39 is 0 Å². The molecule has 0 bridgehead atoms. The molecule has 0 saturated carbocycles. The number of benzene rings is 2. The first-order valence-electron chi connectivity index (χ1n) is 6.13. The molecule has 0 saturated heterocycles. The predicted molar refractivity (Wildman–Crippen MR) is 80.7 cm³/mol. The molecule has 2 rings (SSSR count). The zero-order valence-electron chi connectivity index (χ0n) is 10.8. The third-order valence-electron chi connectivity index (χ3n) is 3.04. The molecule has 18 heavy (non-hydrogen) atoms. The quantitative estimate of drug-likeness (QED) is 0.898. The fourth-order valence-electron chi connectivity index (χ4n) is 2.27. The number of hydrogen-bond donors (Lipinski definition) is 1. The van der Waals surface area contributed by atoms with Crippen LogP contribution in [0.2, 0.25) is 0 Å². The van der Waals surface area contributed by atoms with Crippen LogP contribution in [0.3, 0.4) is 0 Å². The Bertz CT molecular complexity index is 511. The van der Waals surface area contributed by atoms with Crippen molar-refractivity contribution < 1.29 is 0 Å². The summed E-state index contributed by atoms with van der Waals surface area (Å²) < 4.78 is 1.09. The number of halogens is 1. The van der Waals surface area contributed by atoms with Crippen molar-refractivity contribution in [2.24, 2.45) is 5.73 Å². The Morgan fingerprint density at radius 3 is 2.11 bits per heavy atom. The molecule has 2 aromatic carbocycles. The third kappa shape index (κ3) is 3.44. The van der Waals surface area contributed by atoms with Crippen molar-refractivity contribution in [3.05, 3.63) is 69.2 Å². The smallest absolute Gasteiger partial charge is 0.0335 e. The van der Waals surface area contributed by atoms with Crippen LogP contribution in [0, 0.1) is 13.8 Å². The van der Waals surface area contributed by atoms with E-state index in [0.29, 0.717) is 0 Å². The second-order valence-electron chi connectivity index (χ2n) is 4.86. The van der Waals surface area contributed by atoms with Crippen LogP contribution < -0.4 is 5.73 Å². The minimum atomic E-state index is 0.0549. The molecule has 0 aliphatic heterocycles. The molecule has 1 unspecified atom stereocenters. The van der Waals surface area contributed by atoms with E-state index in [1.54, 1.807) is 0 Å². The van der Waals surface area contributed by atoms with Crippen LogP contribution >= 0.6 is 15.9 Å². The van der Waals surface area contributed by atoms with Crippen LogP contribution in [-0.2, 0) is 6.42 Å². The fourth-order valence-corrected chi connectivity index (χ4v) is 2.53. The van der Waals surface area contributed by atoms with Crippen molar-refractivity contribution in [1.82, 2.24) is 0 Å². The monoisotopic (exact) mass is 303 g/mol. The van der Waals surface area contributed by atoms with Gasteiger partial charge in [-0.15, -0.1) is 0 Å². The maximum absolute atomic E-state index is 6.26. The zero-order valence-corrected chi connectivity index (χ0v) is 12.4. The van der Waals surface area contributed by atoms with Gasteiger partial charge in [-0.25, -0.2) is 0 Å². The second kappa shape index (κ2) is 5.68. The van der Waals surface area contributed by atoms with Gasteiger partial charge in [0, 0.05) is 10.5 Å². The molecule has 2 N–H and O–H groups in total. The Morgan fingerprint density at radius 2 is 1.56 bits per heavy atom. The Balaban J connectivity index is 2.15. The summed E-state index contributed by atoms with van der Waals surface area (Å²) in [5.74, 6) is 0. The predicted octanol–water partition coefficient (Wildman–Crippen LogP) is 4.31. The summed E-state index contributed by atoms with van der Waals surface area (Å²) >= 11 is 3.44. The first kappa shape index (κ1) is 13.3. The first-order chi connectivity index (χ1) is 8.54. The van der Waals surface area contributed by atoms with Crippen LogP contribution in [0.1, 0.15) is 28.3 Å². The molecule has 0 aromatic heterocycles. The lowest BCUT2D eigenvalue weighted by atomic mass is 9.97. The SMILES string of the molecule is Cc1cc(C)cc(CC(N)c2ccc(Br)cc2)c1. The maximum atomic E-state index is 6.26. The standard InChI is InChI=1S/C16H18BrN/c1-11-7-12(2)9-13(8-11)10-16(18)14-3-5-15(17)6-4-14/h3-9,16H,10,18H2,1-2H3. The van der Waals surface area contributed by atoms with Crippen LogP contribution in [0.25, 0.3) is 0 Å². The lowest BCUT2D eigenvalue weighted by Gasteiger charge is -2.13. The van der Waals surface area contributed by atoms with E-state index in [-0.39, 0.29) is 6.04 Å². The lowest BCUT2D eigenvalue weighted by molar-refractivity contribution is 0.721. The topological polar surface area (TPSA) is 26.0 Å². The van der Waals surface area contributed by atoms with Crippen LogP contribution in [-0.4, -0.2) is 0 Å². The van der Waals surface area contributed by atoms with Gasteiger partial charge < -0.3 is 5.73 Å². The number of rotatable bonds is 3. The van der Waals surface area contributed by atoms with Gasteiger partial charge in [0.05, 0.1) is 0 Å². The van der Waals surface area contributed by atoms with Gasteiger partial charge in [-0.1, -0.05) is 57.4 Å². The van der Waals surface area contributed by atoms with Crippen molar-refractivity contribution in [3.8, 4) is 0 Å². The lowest BCUT2D eigenvalue weighted by Crippen LogP contribution is -2.13. The van der Waals surface area contributed by atoms with Crippen molar-refractivity contribution >= 4 is 15.9 Å². The molecule has 0 aliphatic rings. The summed E-state index contributed by atoms with van der Waals surface area (Å²) in [6.45, 7) is 4.25. The highest BCUT2D eigenvalue weighted by atomic mass is 79.9. The highest BCUT2D eigenvalue weighted by Gasteiger charge is 2.07. The minimum Gasteiger partial charge on any atom is -0.324 e. The number of nitrogens with two attached hydrogens (primary N) is 1. The molecule has 94 valence electrons. The van der Waals surface area contributed by atoms with Crippen LogP contribution in [0.15, 0.2) is 46.9 Å². The molecular formula is C16H18BrN. The first-order valence-corrected chi connectivity index (χ1v) is 6.92. The van der Waals surface area contributed by atoms with Crippen molar-refractivity contribution in [1.29, 1.82) is 0 Å². The number of aryl methyl sites for hydroxylation is 2. The average Bonchev–Trinajstić information content (AvgIpc) is 2.28. The van der Waals surface area contributed by atoms with Crippen molar-refractivity contribution in [2.45, 2.75) is 26.3 Å². The fraction of sp³-hybridized carbons (Fsp3) is 0.250. The van der Waals surface area contributed by atoms with Crippen molar-refractivity contribution in [3.63, 3.8) is 0 Å². The van der Waals surface area contributed by atoms with Gasteiger partial charge in [-0.3, -0.25) is 0 Å². The summed E-state index contributed by atoms with van der Waals surface area (Å²) in [4.78, 5) is 0. The van der Waals surface area contributed by atoms with E-state index in [9.17, 15) is 0 Å². The van der Waals surface area contributed by atoms with Gasteiger partial charge in [0.15, 0.2) is 0 Å². The van der Waals surface area contributed by atoms with Gasteiger partial charge in [0.1, 0.15) is 0 Å². The normalized spacial score (nSPS) is 12.4. The Kier molecular flexibility index (Phi) is 4.20. The van der Waals surface area contributed by atoms with E-state index in [0.717, 1.165) is 10.9 Å². The van der Waals surface area contributed by atoms with Gasteiger partial charge in [-0.05, 0) is 43.5 Å². The maximum Gasteiger partial charge on any atom is 0.0335 e. The highest BCUT2D eigenvalue weighted by molar-refractivity contribution is 9.10. The van der Waals surface area contributed by atoms with E-state index in [4.69, 9.17) is 5.73 Å². The Morgan fingerprint density at radius 1 is 1.00 bits per heavy atom. The van der Waals surface area contributed by atoms with Crippen LogP contribution in [0.5, 0.6) is 0 Å². The molecule has 2 aromatic rings. The third-order valence-corrected chi connectivity index (χ3v) is 3.56.